The van der Waals surface area contributed by atoms with Crippen LogP contribution in [-0.4, -0.2) is 63.4 Å². The zero-order chi connectivity index (χ0) is 22.9. The van der Waals surface area contributed by atoms with Gasteiger partial charge in [0.05, 0.1) is 24.2 Å². The van der Waals surface area contributed by atoms with Gasteiger partial charge in [-0.3, -0.25) is 4.79 Å². The molecule has 1 saturated carbocycles. The minimum absolute atomic E-state index is 0. The molecule has 0 aromatic carbocycles. The second-order valence-corrected chi connectivity index (χ2v) is 9.58. The van der Waals surface area contributed by atoms with E-state index in [1.165, 1.54) is 0 Å². The Morgan fingerprint density at radius 1 is 1.31 bits per heavy atom. The van der Waals surface area contributed by atoms with E-state index in [4.69, 9.17) is 9.47 Å². The molecule has 9 heteroatoms. The monoisotopic (exact) mass is 462 g/mol. The van der Waals surface area contributed by atoms with Crippen molar-refractivity contribution in [2.75, 3.05) is 0 Å². The van der Waals surface area contributed by atoms with Crippen LogP contribution < -0.4 is 34.7 Å². The SMILES string of the molecule is CC[C@H](C)C(=O)O[C@H]1C[C@H](O)[C@@H]2O[C@@]23C=C[C@H](C)[C@H](CC[C@@H](O)C[C@@H](O)CC(=O)[O-])C13.[Na+]. The van der Waals surface area contributed by atoms with Crippen LogP contribution in [0.5, 0.6) is 0 Å². The molecule has 3 aliphatic rings. The average molecular weight is 463 g/mol. The van der Waals surface area contributed by atoms with E-state index in [1.807, 2.05) is 19.9 Å². The summed E-state index contributed by atoms with van der Waals surface area (Å²) in [6.07, 6.45) is 1.99. The van der Waals surface area contributed by atoms with Gasteiger partial charge in [-0.1, -0.05) is 32.9 Å². The summed E-state index contributed by atoms with van der Waals surface area (Å²) in [4.78, 5) is 23.1. The number of aliphatic hydroxyl groups excluding tert-OH is 3. The van der Waals surface area contributed by atoms with Gasteiger partial charge in [-0.15, -0.1) is 0 Å². The van der Waals surface area contributed by atoms with Crippen molar-refractivity contribution in [3.8, 4) is 0 Å². The van der Waals surface area contributed by atoms with Gasteiger partial charge in [0.25, 0.3) is 0 Å². The van der Waals surface area contributed by atoms with Crippen molar-refractivity contribution in [3.05, 3.63) is 12.2 Å². The van der Waals surface area contributed by atoms with Crippen LogP contribution >= 0.6 is 0 Å². The molecule has 0 aromatic heterocycles. The number of aliphatic carboxylic acids is 1. The number of aliphatic hydroxyl groups is 3. The predicted molar refractivity (Wildman–Crippen MR) is 108 cm³/mol. The number of allylic oxidation sites excluding steroid dienone is 1. The number of hydrogen-bond donors (Lipinski definition) is 3. The summed E-state index contributed by atoms with van der Waals surface area (Å²) in [6, 6.07) is 0. The number of hydrogen-bond acceptors (Lipinski definition) is 8. The molecule has 1 saturated heterocycles. The summed E-state index contributed by atoms with van der Waals surface area (Å²) in [5.74, 6) is -1.79. The fraction of sp³-hybridized carbons (Fsp3) is 0.826. The largest absolute Gasteiger partial charge is 1.00 e. The maximum atomic E-state index is 12.5. The minimum atomic E-state index is -1.35. The van der Waals surface area contributed by atoms with Crippen molar-refractivity contribution in [1.29, 1.82) is 0 Å². The molecular weight excluding hydrogens is 427 g/mol. The molecule has 1 unspecified atom stereocenters. The van der Waals surface area contributed by atoms with Gasteiger partial charge >= 0.3 is 35.5 Å². The van der Waals surface area contributed by atoms with Crippen LogP contribution in [0.1, 0.15) is 59.3 Å². The number of carbonyl (C=O) groups is 2. The molecule has 3 N–H and O–H groups in total. The fourth-order valence-corrected chi connectivity index (χ4v) is 5.35. The van der Waals surface area contributed by atoms with E-state index in [-0.39, 0.29) is 71.7 Å². The van der Waals surface area contributed by atoms with Gasteiger partial charge < -0.3 is 34.7 Å². The molecule has 8 nitrogen and oxygen atoms in total. The molecule has 2 fully saturated rings. The molecular formula is C23H35NaO8. The molecule has 3 rings (SSSR count). The molecule has 1 aliphatic heterocycles. The number of epoxide rings is 1. The van der Waals surface area contributed by atoms with Crippen molar-refractivity contribution in [2.24, 2.45) is 23.7 Å². The van der Waals surface area contributed by atoms with E-state index in [0.717, 1.165) is 0 Å². The first-order valence-electron chi connectivity index (χ1n) is 11.4. The third-order valence-electron chi connectivity index (χ3n) is 7.32. The molecule has 1 spiro atoms. The third kappa shape index (κ3) is 5.95. The smallest absolute Gasteiger partial charge is 0.550 e. The summed E-state index contributed by atoms with van der Waals surface area (Å²) >= 11 is 0. The van der Waals surface area contributed by atoms with Crippen LogP contribution in [0, 0.1) is 23.7 Å². The topological polar surface area (TPSA) is 140 Å². The molecule has 2 aliphatic carbocycles. The second kappa shape index (κ2) is 11.3. The number of ether oxygens (including phenoxy) is 2. The Kier molecular flexibility index (Phi) is 9.80. The van der Waals surface area contributed by atoms with E-state index < -0.39 is 42.4 Å². The van der Waals surface area contributed by atoms with Crippen LogP contribution in [0.25, 0.3) is 0 Å². The van der Waals surface area contributed by atoms with Crippen LogP contribution in [0.3, 0.4) is 0 Å². The minimum Gasteiger partial charge on any atom is -0.550 e. The zero-order valence-electron chi connectivity index (χ0n) is 19.5. The molecule has 0 aromatic rings. The summed E-state index contributed by atoms with van der Waals surface area (Å²) in [5, 5.41) is 41.2. The Balaban J connectivity index is 0.00000363. The molecule has 10 atom stereocenters. The first-order chi connectivity index (χ1) is 14.6. The van der Waals surface area contributed by atoms with Gasteiger partial charge in [0.2, 0.25) is 0 Å². The normalized spacial score (nSPS) is 37.8. The average Bonchev–Trinajstić information content (AvgIpc) is 3.42. The molecule has 0 radical (unpaired) electrons. The predicted octanol–water partition coefficient (Wildman–Crippen LogP) is -2.68. The Hall–Kier alpha value is -0.480. The van der Waals surface area contributed by atoms with Crippen LogP contribution in [-0.2, 0) is 19.1 Å². The first kappa shape index (κ1) is 27.8. The number of carboxylic acid groups (broad SMARTS) is 1. The standard InChI is InChI=1S/C23H36O8.Na/c1-4-12(2)22(29)30-18-11-17(26)21-23(31-21)8-7-13(3)16(20(18)23)6-5-14(24)9-15(25)10-19(27)28;/h7-8,12-18,20-21,24-26H,4-6,9-11H2,1-3H3,(H,27,28);/q;+1/p-1/t12-,13-,14+,15+,16-,17-,18-,20?,21-,23+;/m0./s1. The van der Waals surface area contributed by atoms with Crippen LogP contribution in [0.15, 0.2) is 12.2 Å². The van der Waals surface area contributed by atoms with Gasteiger partial charge in [0.1, 0.15) is 17.8 Å². The van der Waals surface area contributed by atoms with Crippen LogP contribution in [0.4, 0.5) is 0 Å². The third-order valence-corrected chi connectivity index (χ3v) is 7.32. The zero-order valence-corrected chi connectivity index (χ0v) is 21.5. The number of carboxylic acids is 1. The quantitative estimate of drug-likeness (QED) is 0.138. The molecule has 32 heavy (non-hydrogen) atoms. The molecule has 1 heterocycles. The van der Waals surface area contributed by atoms with Crippen LogP contribution in [0.2, 0.25) is 0 Å². The van der Waals surface area contributed by atoms with Gasteiger partial charge in [-0.25, -0.2) is 0 Å². The summed E-state index contributed by atoms with van der Waals surface area (Å²) in [7, 11) is 0. The van der Waals surface area contributed by atoms with E-state index in [1.54, 1.807) is 0 Å². The number of rotatable bonds is 10. The Bertz CT molecular complexity index is 699. The van der Waals surface area contributed by atoms with Gasteiger partial charge in [0, 0.05) is 24.7 Å². The fourth-order valence-electron chi connectivity index (χ4n) is 5.35. The van der Waals surface area contributed by atoms with Gasteiger partial charge in [0.15, 0.2) is 0 Å². The van der Waals surface area contributed by atoms with Crippen molar-refractivity contribution in [1.82, 2.24) is 0 Å². The summed E-state index contributed by atoms with van der Waals surface area (Å²) < 4.78 is 11.9. The Morgan fingerprint density at radius 3 is 2.62 bits per heavy atom. The van der Waals surface area contributed by atoms with Gasteiger partial charge in [-0.2, -0.15) is 0 Å². The maximum Gasteiger partial charge on any atom is 1.00 e. The maximum absolute atomic E-state index is 12.5. The molecule has 0 bridgehead atoms. The molecule has 176 valence electrons. The number of carbonyl (C=O) groups excluding carboxylic acids is 2. The van der Waals surface area contributed by atoms with Crippen molar-refractivity contribution in [2.45, 2.75) is 95.4 Å². The van der Waals surface area contributed by atoms with Crippen molar-refractivity contribution in [3.63, 3.8) is 0 Å². The number of esters is 1. The van der Waals surface area contributed by atoms with E-state index in [2.05, 4.69) is 13.0 Å². The van der Waals surface area contributed by atoms with Crippen molar-refractivity contribution < 1.29 is 69.0 Å². The van der Waals surface area contributed by atoms with Gasteiger partial charge in [-0.05, 0) is 37.5 Å². The van der Waals surface area contributed by atoms with E-state index in [9.17, 15) is 30.0 Å². The Morgan fingerprint density at radius 2 is 2.00 bits per heavy atom. The first-order valence-corrected chi connectivity index (χ1v) is 11.4. The van der Waals surface area contributed by atoms with E-state index >= 15 is 0 Å². The second-order valence-electron chi connectivity index (χ2n) is 9.58. The van der Waals surface area contributed by atoms with E-state index in [0.29, 0.717) is 25.7 Å². The summed E-state index contributed by atoms with van der Waals surface area (Å²) in [6.45, 7) is 5.82. The van der Waals surface area contributed by atoms with Crippen molar-refractivity contribution >= 4 is 11.9 Å². The molecule has 0 amide bonds. The Labute approximate surface area is 211 Å². The summed E-state index contributed by atoms with van der Waals surface area (Å²) in [5.41, 5.74) is -0.644.